The number of carbonyl (C=O) groups excluding carboxylic acids is 2. The number of benzene rings is 1. The molecule has 138 valence electrons. The Morgan fingerprint density at radius 3 is 2.65 bits per heavy atom. The van der Waals surface area contributed by atoms with Gasteiger partial charge in [0.2, 0.25) is 5.91 Å². The summed E-state index contributed by atoms with van der Waals surface area (Å²) in [5.74, 6) is 0.0660. The minimum atomic E-state index is -0.0471. The molecule has 7 nitrogen and oxygen atoms in total. The lowest BCUT2D eigenvalue weighted by atomic mass is 9.94. The molecule has 1 aromatic heterocycles. The average molecular weight is 355 g/mol. The van der Waals surface area contributed by atoms with Crippen LogP contribution in [-0.2, 0) is 11.3 Å². The van der Waals surface area contributed by atoms with Crippen LogP contribution in [0.4, 0.5) is 0 Å². The van der Waals surface area contributed by atoms with E-state index in [2.05, 4.69) is 15.4 Å². The van der Waals surface area contributed by atoms with Crippen LogP contribution in [-0.4, -0.2) is 50.6 Å². The summed E-state index contributed by atoms with van der Waals surface area (Å²) in [5, 5.41) is 7.09. The molecule has 1 N–H and O–H groups in total. The third kappa shape index (κ3) is 4.28. The fourth-order valence-corrected chi connectivity index (χ4v) is 3.34. The van der Waals surface area contributed by atoms with E-state index in [1.165, 1.54) is 6.33 Å². The second kappa shape index (κ2) is 8.12. The first-order valence-electron chi connectivity index (χ1n) is 9.02. The number of aryl methyl sites for hydroxylation is 1. The Hall–Kier alpha value is -2.70. The molecule has 7 heteroatoms. The van der Waals surface area contributed by atoms with Crippen molar-refractivity contribution in [2.45, 2.75) is 39.3 Å². The average Bonchev–Trinajstić information content (AvgIpc) is 3.14. The standard InChI is InChI=1S/C19H25N5O2/c1-14-5-3-4-6-17(14)19(26)23-9-7-16(8-10-23)18(25)22-15(2)11-24-13-20-12-21-24/h3-6,12-13,15-16H,7-11H2,1-2H3,(H,22,25). The number of nitrogens with one attached hydrogen (secondary N) is 1. The number of likely N-dealkylation sites (tertiary alicyclic amines) is 1. The molecule has 1 unspecified atom stereocenters. The highest BCUT2D eigenvalue weighted by atomic mass is 16.2. The first-order valence-corrected chi connectivity index (χ1v) is 9.02. The van der Waals surface area contributed by atoms with E-state index in [0.29, 0.717) is 32.5 Å². The third-order valence-corrected chi connectivity index (χ3v) is 4.84. The van der Waals surface area contributed by atoms with Crippen LogP contribution >= 0.6 is 0 Å². The van der Waals surface area contributed by atoms with Crippen molar-refractivity contribution in [3.05, 3.63) is 48.0 Å². The van der Waals surface area contributed by atoms with E-state index in [9.17, 15) is 9.59 Å². The van der Waals surface area contributed by atoms with E-state index >= 15 is 0 Å². The molecule has 1 fully saturated rings. The maximum Gasteiger partial charge on any atom is 0.254 e. The van der Waals surface area contributed by atoms with Crippen molar-refractivity contribution in [2.75, 3.05) is 13.1 Å². The zero-order valence-electron chi connectivity index (χ0n) is 15.3. The van der Waals surface area contributed by atoms with Gasteiger partial charge in [0, 0.05) is 30.6 Å². The van der Waals surface area contributed by atoms with Gasteiger partial charge in [-0.3, -0.25) is 14.3 Å². The number of carbonyl (C=O) groups is 2. The lowest BCUT2D eigenvalue weighted by molar-refractivity contribution is -0.127. The summed E-state index contributed by atoms with van der Waals surface area (Å²) < 4.78 is 1.70. The molecule has 2 heterocycles. The summed E-state index contributed by atoms with van der Waals surface area (Å²) in [6.07, 6.45) is 4.51. The molecule has 3 rings (SSSR count). The SMILES string of the molecule is Cc1ccccc1C(=O)N1CCC(C(=O)NC(C)Cn2cncn2)CC1. The second-order valence-electron chi connectivity index (χ2n) is 6.91. The van der Waals surface area contributed by atoms with E-state index in [1.54, 1.807) is 11.0 Å². The normalized spacial score (nSPS) is 16.3. The molecular formula is C19H25N5O2. The minimum Gasteiger partial charge on any atom is -0.352 e. The van der Waals surface area contributed by atoms with Crippen LogP contribution in [0.1, 0.15) is 35.7 Å². The molecule has 2 amide bonds. The van der Waals surface area contributed by atoms with Gasteiger partial charge in [0.1, 0.15) is 12.7 Å². The van der Waals surface area contributed by atoms with Crippen molar-refractivity contribution in [3.8, 4) is 0 Å². The summed E-state index contributed by atoms with van der Waals surface area (Å²) in [7, 11) is 0. The largest absolute Gasteiger partial charge is 0.352 e. The lowest BCUT2D eigenvalue weighted by Crippen LogP contribution is -2.45. The summed E-state index contributed by atoms with van der Waals surface area (Å²) in [4.78, 5) is 30.9. The van der Waals surface area contributed by atoms with Gasteiger partial charge in [-0.2, -0.15) is 5.10 Å². The highest BCUT2D eigenvalue weighted by Crippen LogP contribution is 2.20. The summed E-state index contributed by atoms with van der Waals surface area (Å²) in [6, 6.07) is 7.61. The van der Waals surface area contributed by atoms with Crippen molar-refractivity contribution in [1.29, 1.82) is 0 Å². The predicted molar refractivity (Wildman–Crippen MR) is 97.4 cm³/mol. The van der Waals surface area contributed by atoms with E-state index in [1.807, 2.05) is 43.0 Å². The van der Waals surface area contributed by atoms with Gasteiger partial charge in [0.05, 0.1) is 6.54 Å². The van der Waals surface area contributed by atoms with Crippen LogP contribution in [0.2, 0.25) is 0 Å². The van der Waals surface area contributed by atoms with Crippen LogP contribution in [0.15, 0.2) is 36.9 Å². The number of aromatic nitrogens is 3. The smallest absolute Gasteiger partial charge is 0.254 e. The third-order valence-electron chi connectivity index (χ3n) is 4.84. The topological polar surface area (TPSA) is 80.1 Å². The molecule has 0 spiro atoms. The lowest BCUT2D eigenvalue weighted by Gasteiger charge is -2.32. The Morgan fingerprint density at radius 2 is 2.00 bits per heavy atom. The molecule has 0 saturated carbocycles. The van der Waals surface area contributed by atoms with Gasteiger partial charge in [-0.25, -0.2) is 4.98 Å². The molecule has 1 saturated heterocycles. The monoisotopic (exact) mass is 355 g/mol. The van der Waals surface area contributed by atoms with Gasteiger partial charge < -0.3 is 10.2 Å². The van der Waals surface area contributed by atoms with Crippen LogP contribution in [0.5, 0.6) is 0 Å². The predicted octanol–water partition coefficient (Wildman–Crippen LogP) is 1.64. The van der Waals surface area contributed by atoms with Crippen molar-refractivity contribution in [2.24, 2.45) is 5.92 Å². The summed E-state index contributed by atoms with van der Waals surface area (Å²) in [5.41, 5.74) is 1.73. The highest BCUT2D eigenvalue weighted by Gasteiger charge is 2.28. The van der Waals surface area contributed by atoms with Crippen molar-refractivity contribution >= 4 is 11.8 Å². The Balaban J connectivity index is 1.49. The Morgan fingerprint density at radius 1 is 1.27 bits per heavy atom. The van der Waals surface area contributed by atoms with E-state index in [4.69, 9.17) is 0 Å². The summed E-state index contributed by atoms with van der Waals surface area (Å²) in [6.45, 7) is 5.72. The Kier molecular flexibility index (Phi) is 5.65. The van der Waals surface area contributed by atoms with Gasteiger partial charge in [0.15, 0.2) is 0 Å². The van der Waals surface area contributed by atoms with E-state index < -0.39 is 0 Å². The van der Waals surface area contributed by atoms with Crippen molar-refractivity contribution < 1.29 is 9.59 Å². The Labute approximate surface area is 153 Å². The highest BCUT2D eigenvalue weighted by molar-refractivity contribution is 5.95. The maximum atomic E-state index is 12.7. The van der Waals surface area contributed by atoms with Gasteiger partial charge in [0.25, 0.3) is 5.91 Å². The number of hydrogen-bond donors (Lipinski definition) is 1. The van der Waals surface area contributed by atoms with Crippen LogP contribution < -0.4 is 5.32 Å². The molecular weight excluding hydrogens is 330 g/mol. The van der Waals surface area contributed by atoms with Crippen LogP contribution in [0.3, 0.4) is 0 Å². The fraction of sp³-hybridized carbons (Fsp3) is 0.474. The molecule has 0 aliphatic carbocycles. The quantitative estimate of drug-likeness (QED) is 0.884. The molecule has 26 heavy (non-hydrogen) atoms. The molecule has 1 aliphatic rings. The maximum absolute atomic E-state index is 12.7. The van der Waals surface area contributed by atoms with Crippen molar-refractivity contribution in [1.82, 2.24) is 25.0 Å². The molecule has 1 aliphatic heterocycles. The van der Waals surface area contributed by atoms with Gasteiger partial charge >= 0.3 is 0 Å². The van der Waals surface area contributed by atoms with Crippen LogP contribution in [0, 0.1) is 12.8 Å². The number of amides is 2. The summed E-state index contributed by atoms with van der Waals surface area (Å²) >= 11 is 0. The number of nitrogens with zero attached hydrogens (tertiary/aromatic N) is 4. The number of rotatable bonds is 5. The molecule has 1 aromatic carbocycles. The molecule has 0 radical (unpaired) electrons. The zero-order valence-corrected chi connectivity index (χ0v) is 15.3. The van der Waals surface area contributed by atoms with Crippen LogP contribution in [0.25, 0.3) is 0 Å². The van der Waals surface area contributed by atoms with E-state index in [0.717, 1.165) is 11.1 Å². The van der Waals surface area contributed by atoms with Gasteiger partial charge in [-0.15, -0.1) is 0 Å². The first-order chi connectivity index (χ1) is 12.5. The van der Waals surface area contributed by atoms with Crippen molar-refractivity contribution in [3.63, 3.8) is 0 Å². The molecule has 0 bridgehead atoms. The molecule has 2 aromatic rings. The molecule has 1 atom stereocenters. The van der Waals surface area contributed by atoms with Gasteiger partial charge in [-0.1, -0.05) is 18.2 Å². The second-order valence-corrected chi connectivity index (χ2v) is 6.91. The Bertz CT molecular complexity index is 751. The fourth-order valence-electron chi connectivity index (χ4n) is 3.34. The number of piperidine rings is 1. The minimum absolute atomic E-state index is 0.0178. The zero-order chi connectivity index (χ0) is 18.5. The number of hydrogen-bond acceptors (Lipinski definition) is 4. The van der Waals surface area contributed by atoms with Gasteiger partial charge in [-0.05, 0) is 38.3 Å². The first kappa shape index (κ1) is 18.1. The van der Waals surface area contributed by atoms with E-state index in [-0.39, 0.29) is 23.8 Å².